The van der Waals surface area contributed by atoms with Gasteiger partial charge in [0, 0.05) is 31.7 Å². The minimum absolute atomic E-state index is 0.142. The molecule has 0 amide bonds. The van der Waals surface area contributed by atoms with E-state index < -0.39 is 0 Å². The fourth-order valence-corrected chi connectivity index (χ4v) is 4.23. The van der Waals surface area contributed by atoms with Crippen molar-refractivity contribution >= 4 is 17.1 Å². The van der Waals surface area contributed by atoms with Crippen LogP contribution in [-0.2, 0) is 17.6 Å². The van der Waals surface area contributed by atoms with E-state index in [2.05, 4.69) is 71.8 Å². The molecule has 31 heavy (non-hydrogen) atoms. The van der Waals surface area contributed by atoms with E-state index >= 15 is 0 Å². The molecular formula is C27H25N3O. The Labute approximate surface area is 183 Å². The second-order valence-electron chi connectivity index (χ2n) is 7.84. The maximum atomic E-state index is 5.94. The second kappa shape index (κ2) is 8.70. The summed E-state index contributed by atoms with van der Waals surface area (Å²) in [6, 6.07) is 31.2. The molecule has 154 valence electrons. The maximum Gasteiger partial charge on any atom is 0.170 e. The van der Waals surface area contributed by atoms with Gasteiger partial charge in [0.15, 0.2) is 12.4 Å². The van der Waals surface area contributed by atoms with Gasteiger partial charge in [-0.05, 0) is 11.1 Å². The number of hydrogen-bond donors (Lipinski definition) is 0. The summed E-state index contributed by atoms with van der Waals surface area (Å²) in [7, 11) is 1.76. The van der Waals surface area contributed by atoms with E-state index in [4.69, 9.17) is 14.7 Å². The highest BCUT2D eigenvalue weighted by molar-refractivity contribution is 6.03. The standard InChI is InChI=1S/C27H25N3O/c1-31-27-24(18-21-13-7-3-8-14-21)29-26-23(17-20-11-5-2-6-12-20)28-25(19-30(26)27)22-15-9-4-10-16-22/h2-16,19,26-27H,17-18H2,1H3. The van der Waals surface area contributed by atoms with Crippen LogP contribution in [0.25, 0.3) is 5.70 Å². The van der Waals surface area contributed by atoms with Crippen LogP contribution in [0.4, 0.5) is 0 Å². The summed E-state index contributed by atoms with van der Waals surface area (Å²) >= 11 is 0. The Morgan fingerprint density at radius 1 is 0.742 bits per heavy atom. The van der Waals surface area contributed by atoms with Crippen LogP contribution < -0.4 is 0 Å². The Hall–Kier alpha value is -3.50. The lowest BCUT2D eigenvalue weighted by molar-refractivity contribution is 0.0498. The molecule has 4 heteroatoms. The van der Waals surface area contributed by atoms with Gasteiger partial charge in [-0.25, -0.2) is 0 Å². The van der Waals surface area contributed by atoms with E-state index in [9.17, 15) is 0 Å². The molecule has 0 saturated heterocycles. The molecule has 5 rings (SSSR count). The van der Waals surface area contributed by atoms with Gasteiger partial charge in [-0.3, -0.25) is 9.98 Å². The van der Waals surface area contributed by atoms with Crippen molar-refractivity contribution < 1.29 is 4.74 Å². The molecular weight excluding hydrogens is 382 g/mol. The van der Waals surface area contributed by atoms with Crippen LogP contribution in [0.1, 0.15) is 16.7 Å². The molecule has 2 heterocycles. The average Bonchev–Trinajstić information content (AvgIpc) is 3.18. The molecule has 0 radical (unpaired) electrons. The number of benzene rings is 3. The minimum Gasteiger partial charge on any atom is -0.356 e. The quantitative estimate of drug-likeness (QED) is 0.578. The number of methoxy groups -OCH3 is 1. The van der Waals surface area contributed by atoms with Crippen molar-refractivity contribution in [3.05, 3.63) is 114 Å². The van der Waals surface area contributed by atoms with Crippen molar-refractivity contribution in [3.8, 4) is 0 Å². The highest BCUT2D eigenvalue weighted by Crippen LogP contribution is 2.31. The van der Waals surface area contributed by atoms with Crippen molar-refractivity contribution in [2.45, 2.75) is 25.2 Å². The van der Waals surface area contributed by atoms with Gasteiger partial charge in [0.1, 0.15) is 0 Å². The van der Waals surface area contributed by atoms with Gasteiger partial charge in [-0.1, -0.05) is 91.0 Å². The maximum absolute atomic E-state index is 5.94. The molecule has 0 fully saturated rings. The van der Waals surface area contributed by atoms with Crippen molar-refractivity contribution in [2.75, 3.05) is 7.11 Å². The first-order valence-electron chi connectivity index (χ1n) is 10.6. The van der Waals surface area contributed by atoms with Crippen LogP contribution >= 0.6 is 0 Å². The summed E-state index contributed by atoms with van der Waals surface area (Å²) in [6.07, 6.45) is 3.27. The lowest BCUT2D eigenvalue weighted by Crippen LogP contribution is -2.43. The summed E-state index contributed by atoms with van der Waals surface area (Å²) in [4.78, 5) is 12.4. The predicted molar refractivity (Wildman–Crippen MR) is 126 cm³/mol. The number of ether oxygens (including phenoxy) is 1. The SMILES string of the molecule is COC1C(Cc2ccccc2)=NC2C(Cc3ccccc3)=NC(c3ccccc3)=CN21. The molecule has 0 spiro atoms. The third kappa shape index (κ3) is 4.07. The van der Waals surface area contributed by atoms with Gasteiger partial charge in [-0.15, -0.1) is 0 Å². The largest absolute Gasteiger partial charge is 0.356 e. The van der Waals surface area contributed by atoms with Gasteiger partial charge in [0.05, 0.1) is 17.1 Å². The molecule has 2 aliphatic rings. The highest BCUT2D eigenvalue weighted by Gasteiger charge is 2.39. The number of rotatable bonds is 6. The zero-order valence-corrected chi connectivity index (χ0v) is 17.6. The van der Waals surface area contributed by atoms with E-state index in [0.717, 1.165) is 35.5 Å². The summed E-state index contributed by atoms with van der Waals surface area (Å²) in [5.74, 6) is 0. The predicted octanol–water partition coefficient (Wildman–Crippen LogP) is 4.98. The van der Waals surface area contributed by atoms with Crippen molar-refractivity contribution in [1.82, 2.24) is 4.90 Å². The highest BCUT2D eigenvalue weighted by atomic mass is 16.5. The Morgan fingerprint density at radius 3 is 1.87 bits per heavy atom. The Morgan fingerprint density at radius 2 is 1.29 bits per heavy atom. The van der Waals surface area contributed by atoms with Crippen LogP contribution in [0, 0.1) is 0 Å². The topological polar surface area (TPSA) is 37.2 Å². The van der Waals surface area contributed by atoms with E-state index in [1.807, 2.05) is 30.3 Å². The first kappa shape index (κ1) is 19.5. The molecule has 2 unspecified atom stereocenters. The van der Waals surface area contributed by atoms with Crippen LogP contribution in [0.2, 0.25) is 0 Å². The first-order valence-corrected chi connectivity index (χ1v) is 10.6. The van der Waals surface area contributed by atoms with E-state index in [1.54, 1.807) is 7.11 Å². The van der Waals surface area contributed by atoms with E-state index in [0.29, 0.717) is 0 Å². The van der Waals surface area contributed by atoms with Crippen LogP contribution in [-0.4, -0.2) is 35.8 Å². The molecule has 3 aromatic carbocycles. The zero-order chi connectivity index (χ0) is 21.0. The zero-order valence-electron chi connectivity index (χ0n) is 17.6. The lowest BCUT2D eigenvalue weighted by atomic mass is 10.0. The average molecular weight is 408 g/mol. The van der Waals surface area contributed by atoms with Crippen LogP contribution in [0.5, 0.6) is 0 Å². The minimum atomic E-state index is -0.204. The third-order valence-electron chi connectivity index (χ3n) is 5.71. The molecule has 0 saturated carbocycles. The summed E-state index contributed by atoms with van der Waals surface area (Å²) in [5, 5.41) is 0. The molecule has 2 aliphatic heterocycles. The summed E-state index contributed by atoms with van der Waals surface area (Å²) < 4.78 is 5.94. The number of fused-ring (bicyclic) bond motifs is 1. The molecule has 4 nitrogen and oxygen atoms in total. The molecule has 0 bridgehead atoms. The Kier molecular flexibility index (Phi) is 5.46. The summed E-state index contributed by atoms with van der Waals surface area (Å²) in [6.45, 7) is 0. The van der Waals surface area contributed by atoms with Crippen LogP contribution in [0.3, 0.4) is 0 Å². The number of aliphatic imine (C=N–C) groups is 2. The van der Waals surface area contributed by atoms with Gasteiger partial charge in [0.2, 0.25) is 0 Å². The molecule has 0 aromatic heterocycles. The Balaban J connectivity index is 1.53. The van der Waals surface area contributed by atoms with Crippen LogP contribution in [0.15, 0.2) is 107 Å². The second-order valence-corrected chi connectivity index (χ2v) is 7.84. The van der Waals surface area contributed by atoms with Gasteiger partial charge in [0.25, 0.3) is 0 Å². The van der Waals surface area contributed by atoms with Gasteiger partial charge < -0.3 is 9.64 Å². The molecule has 3 aromatic rings. The fourth-order valence-electron chi connectivity index (χ4n) is 4.23. The van der Waals surface area contributed by atoms with Gasteiger partial charge in [-0.2, -0.15) is 0 Å². The number of nitrogens with zero attached hydrogens (tertiary/aromatic N) is 3. The summed E-state index contributed by atoms with van der Waals surface area (Å²) in [5.41, 5.74) is 6.58. The fraction of sp³-hybridized carbons (Fsp3) is 0.185. The monoisotopic (exact) mass is 407 g/mol. The third-order valence-corrected chi connectivity index (χ3v) is 5.71. The molecule has 2 atom stereocenters. The van der Waals surface area contributed by atoms with Gasteiger partial charge >= 0.3 is 0 Å². The number of hydrogen-bond acceptors (Lipinski definition) is 4. The van der Waals surface area contributed by atoms with Crippen molar-refractivity contribution in [2.24, 2.45) is 9.98 Å². The van der Waals surface area contributed by atoms with E-state index in [1.165, 1.54) is 11.1 Å². The normalized spacial score (nSPS) is 20.0. The first-order chi connectivity index (χ1) is 15.3. The lowest BCUT2D eigenvalue weighted by Gasteiger charge is -2.32. The smallest absolute Gasteiger partial charge is 0.170 e. The molecule has 0 N–H and O–H groups in total. The Bertz CT molecular complexity index is 1120. The molecule has 0 aliphatic carbocycles. The van der Waals surface area contributed by atoms with Crippen molar-refractivity contribution in [1.29, 1.82) is 0 Å². The van der Waals surface area contributed by atoms with Crippen molar-refractivity contribution in [3.63, 3.8) is 0 Å². The van der Waals surface area contributed by atoms with E-state index in [-0.39, 0.29) is 12.4 Å².